The molecule has 0 saturated carbocycles. The molecule has 0 aliphatic carbocycles. The van der Waals surface area contributed by atoms with Crippen LogP contribution in [0.5, 0.6) is 0 Å². The summed E-state index contributed by atoms with van der Waals surface area (Å²) in [6.45, 7) is 6.00. The summed E-state index contributed by atoms with van der Waals surface area (Å²) in [5.41, 5.74) is -0.441. The number of nitrogens with zero attached hydrogens (tertiary/aromatic N) is 1. The van der Waals surface area contributed by atoms with Gasteiger partial charge in [-0.3, -0.25) is 9.69 Å². The summed E-state index contributed by atoms with van der Waals surface area (Å²) in [6.07, 6.45) is -4.76. The Morgan fingerprint density at radius 2 is 1.81 bits per heavy atom. The molecule has 0 spiro atoms. The number of piperazine rings is 1. The van der Waals surface area contributed by atoms with E-state index in [-0.39, 0.29) is 18.0 Å². The number of carbonyl (C=O) groups excluding carboxylic acids is 2. The lowest BCUT2D eigenvalue weighted by molar-refractivity contribution is -0.917. The Morgan fingerprint density at radius 3 is 2.31 bits per heavy atom. The summed E-state index contributed by atoms with van der Waals surface area (Å²) in [5, 5.41) is 2.64. The molecule has 0 bridgehead atoms. The third-order valence-electron chi connectivity index (χ3n) is 4.42. The normalized spacial score (nSPS) is 16.9. The summed E-state index contributed by atoms with van der Waals surface area (Å²) in [7, 11) is 0. The van der Waals surface area contributed by atoms with Gasteiger partial charge >= 0.3 is 12.3 Å². The highest BCUT2D eigenvalue weighted by Crippen LogP contribution is 2.29. The van der Waals surface area contributed by atoms with Crippen LogP contribution >= 0.6 is 0 Å². The Balaban J connectivity index is 1.87. The second-order valence-electron chi connectivity index (χ2n) is 6.13. The first kappa shape index (κ1) is 20.0. The van der Waals surface area contributed by atoms with Gasteiger partial charge in [-0.2, -0.15) is 13.2 Å². The standard InChI is InChI=1S/C17H22F3N3O3/c1-3-26-16(25)23-10-8-22(9-11-23)12(2)15(24)21-14-6-4-13(5-7-14)17(18,19)20/h4-7,12H,3,8-11H2,1-2H3,(H,21,24)/p+1/t12-/m1/s1. The minimum Gasteiger partial charge on any atom is -0.450 e. The fraction of sp³-hybridized carbons (Fsp3) is 0.529. The van der Waals surface area contributed by atoms with Gasteiger partial charge in [-0.05, 0) is 38.1 Å². The maximum Gasteiger partial charge on any atom is 0.416 e. The van der Waals surface area contributed by atoms with Crippen LogP contribution in [0.15, 0.2) is 24.3 Å². The molecule has 2 N–H and O–H groups in total. The van der Waals surface area contributed by atoms with Crippen molar-refractivity contribution in [2.45, 2.75) is 26.1 Å². The number of amides is 2. The Kier molecular flexibility index (Phi) is 6.47. The van der Waals surface area contributed by atoms with Gasteiger partial charge in [0.15, 0.2) is 6.04 Å². The average molecular weight is 374 g/mol. The number of alkyl halides is 3. The lowest BCUT2D eigenvalue weighted by Gasteiger charge is -2.34. The summed E-state index contributed by atoms with van der Waals surface area (Å²) in [6, 6.07) is 3.96. The van der Waals surface area contributed by atoms with Gasteiger partial charge in [-0.1, -0.05) is 0 Å². The van der Waals surface area contributed by atoms with E-state index in [0.29, 0.717) is 38.5 Å². The summed E-state index contributed by atoms with van der Waals surface area (Å²) < 4.78 is 42.6. The topological polar surface area (TPSA) is 63.1 Å². The molecule has 144 valence electrons. The van der Waals surface area contributed by atoms with Gasteiger partial charge in [0.05, 0.1) is 38.3 Å². The van der Waals surface area contributed by atoms with Gasteiger partial charge in [0.2, 0.25) is 0 Å². The molecule has 1 atom stereocenters. The molecule has 2 amide bonds. The van der Waals surface area contributed by atoms with Crippen molar-refractivity contribution in [1.29, 1.82) is 0 Å². The van der Waals surface area contributed by atoms with Crippen LogP contribution in [0.4, 0.5) is 23.7 Å². The van der Waals surface area contributed by atoms with Crippen molar-refractivity contribution in [1.82, 2.24) is 4.90 Å². The monoisotopic (exact) mass is 374 g/mol. The molecule has 0 radical (unpaired) electrons. The van der Waals surface area contributed by atoms with Crippen LogP contribution in [0.25, 0.3) is 0 Å². The Morgan fingerprint density at radius 1 is 1.23 bits per heavy atom. The zero-order valence-electron chi connectivity index (χ0n) is 14.7. The molecule has 0 aromatic heterocycles. The van der Waals surface area contributed by atoms with E-state index < -0.39 is 11.7 Å². The Hall–Kier alpha value is -2.29. The van der Waals surface area contributed by atoms with Crippen molar-refractivity contribution in [3.63, 3.8) is 0 Å². The molecule has 1 aliphatic rings. The average Bonchev–Trinajstić information content (AvgIpc) is 2.61. The second kappa shape index (κ2) is 8.39. The summed E-state index contributed by atoms with van der Waals surface area (Å²) in [4.78, 5) is 26.6. The van der Waals surface area contributed by atoms with Gasteiger partial charge in [-0.25, -0.2) is 4.79 Å². The molecule has 1 aromatic rings. The number of hydrogen-bond acceptors (Lipinski definition) is 3. The maximum atomic E-state index is 12.6. The van der Waals surface area contributed by atoms with Crippen LogP contribution in [0.3, 0.4) is 0 Å². The molecule has 1 aromatic carbocycles. The van der Waals surface area contributed by atoms with Crippen LogP contribution in [0.2, 0.25) is 0 Å². The molecule has 1 fully saturated rings. The van der Waals surface area contributed by atoms with Crippen molar-refractivity contribution in [2.75, 3.05) is 38.1 Å². The molecule has 9 heteroatoms. The van der Waals surface area contributed by atoms with Gasteiger partial charge < -0.3 is 15.0 Å². The SMILES string of the molecule is CCOC(=O)N1CC[NH+]([C@H](C)C(=O)Nc2ccc(C(F)(F)F)cc2)CC1. The number of benzene rings is 1. The Bertz CT molecular complexity index is 626. The van der Waals surface area contributed by atoms with Crippen molar-refractivity contribution in [3.05, 3.63) is 29.8 Å². The molecule has 6 nitrogen and oxygen atoms in total. The number of quaternary nitrogens is 1. The molecule has 2 rings (SSSR count). The number of hydrogen-bond donors (Lipinski definition) is 2. The lowest BCUT2D eigenvalue weighted by Crippen LogP contribution is -3.19. The number of halogens is 3. The Labute approximate surface area is 149 Å². The van der Waals surface area contributed by atoms with E-state index in [1.807, 2.05) is 0 Å². The van der Waals surface area contributed by atoms with E-state index in [1.165, 1.54) is 12.1 Å². The number of carbonyl (C=O) groups is 2. The van der Waals surface area contributed by atoms with E-state index in [4.69, 9.17) is 4.74 Å². The molecule has 0 unspecified atom stereocenters. The molecule has 1 aliphatic heterocycles. The molecular formula is C17H23F3N3O3+. The van der Waals surface area contributed by atoms with Gasteiger partial charge in [0.1, 0.15) is 0 Å². The predicted octanol–water partition coefficient (Wildman–Crippen LogP) is 1.39. The minimum absolute atomic E-state index is 0.274. The first-order valence-electron chi connectivity index (χ1n) is 8.46. The number of anilines is 1. The third-order valence-corrected chi connectivity index (χ3v) is 4.42. The van der Waals surface area contributed by atoms with Crippen LogP contribution in [-0.2, 0) is 15.7 Å². The van der Waals surface area contributed by atoms with Gasteiger partial charge in [0.25, 0.3) is 5.91 Å². The van der Waals surface area contributed by atoms with Gasteiger partial charge in [-0.15, -0.1) is 0 Å². The molecule has 1 heterocycles. The second-order valence-corrected chi connectivity index (χ2v) is 6.13. The first-order valence-corrected chi connectivity index (χ1v) is 8.46. The van der Waals surface area contributed by atoms with Crippen LogP contribution < -0.4 is 10.2 Å². The quantitative estimate of drug-likeness (QED) is 0.837. The van der Waals surface area contributed by atoms with E-state index in [0.717, 1.165) is 17.0 Å². The van der Waals surface area contributed by atoms with Crippen LogP contribution in [-0.4, -0.2) is 55.7 Å². The minimum atomic E-state index is -4.40. The molecule has 26 heavy (non-hydrogen) atoms. The number of nitrogens with one attached hydrogen (secondary N) is 2. The zero-order chi connectivity index (χ0) is 19.3. The zero-order valence-corrected chi connectivity index (χ0v) is 14.7. The fourth-order valence-electron chi connectivity index (χ4n) is 2.80. The van der Waals surface area contributed by atoms with Crippen molar-refractivity contribution >= 4 is 17.7 Å². The maximum absolute atomic E-state index is 12.6. The number of rotatable bonds is 4. The highest BCUT2D eigenvalue weighted by Gasteiger charge is 2.32. The fourth-order valence-corrected chi connectivity index (χ4v) is 2.80. The largest absolute Gasteiger partial charge is 0.450 e. The van der Waals surface area contributed by atoms with Gasteiger partial charge in [0, 0.05) is 5.69 Å². The van der Waals surface area contributed by atoms with E-state index in [9.17, 15) is 22.8 Å². The molecular weight excluding hydrogens is 351 g/mol. The lowest BCUT2D eigenvalue weighted by atomic mass is 10.2. The summed E-state index contributed by atoms with van der Waals surface area (Å²) >= 11 is 0. The predicted molar refractivity (Wildman–Crippen MR) is 88.8 cm³/mol. The summed E-state index contributed by atoms with van der Waals surface area (Å²) in [5.74, 6) is -0.274. The van der Waals surface area contributed by atoms with E-state index >= 15 is 0 Å². The smallest absolute Gasteiger partial charge is 0.416 e. The third kappa shape index (κ3) is 5.10. The first-order chi connectivity index (χ1) is 12.2. The van der Waals surface area contributed by atoms with Crippen molar-refractivity contribution in [2.24, 2.45) is 0 Å². The highest BCUT2D eigenvalue weighted by atomic mass is 19.4. The van der Waals surface area contributed by atoms with Crippen molar-refractivity contribution in [3.8, 4) is 0 Å². The highest BCUT2D eigenvalue weighted by molar-refractivity contribution is 5.93. The molecule has 1 saturated heterocycles. The van der Waals surface area contributed by atoms with E-state index in [1.54, 1.807) is 18.7 Å². The van der Waals surface area contributed by atoms with Crippen LogP contribution in [0.1, 0.15) is 19.4 Å². The van der Waals surface area contributed by atoms with Crippen molar-refractivity contribution < 1.29 is 32.4 Å². The van der Waals surface area contributed by atoms with E-state index in [2.05, 4.69) is 5.32 Å². The van der Waals surface area contributed by atoms with Crippen LogP contribution in [0, 0.1) is 0 Å². The number of ether oxygens (including phenoxy) is 1.